The van der Waals surface area contributed by atoms with Crippen molar-refractivity contribution in [3.63, 3.8) is 0 Å². The topological polar surface area (TPSA) is 70.7 Å². The first-order valence-corrected chi connectivity index (χ1v) is 10.2. The Kier molecular flexibility index (Phi) is 7.11. The molecule has 0 unspecified atom stereocenters. The fraction of sp³-hybridized carbons (Fsp3) is 0.391. The summed E-state index contributed by atoms with van der Waals surface area (Å²) in [5.41, 5.74) is 2.07. The second kappa shape index (κ2) is 9.96. The number of anilines is 2. The summed E-state index contributed by atoms with van der Waals surface area (Å²) in [6.07, 6.45) is 2.08. The minimum Gasteiger partial charge on any atom is -0.494 e. The quantitative estimate of drug-likeness (QED) is 0.743. The number of nitrogens with one attached hydrogen (secondary N) is 2. The van der Waals surface area contributed by atoms with Gasteiger partial charge in [-0.2, -0.15) is 0 Å². The lowest BCUT2D eigenvalue weighted by atomic mass is 9.98. The van der Waals surface area contributed by atoms with E-state index in [-0.39, 0.29) is 18.4 Å². The molecule has 2 aromatic carbocycles. The Morgan fingerprint density at radius 1 is 1.07 bits per heavy atom. The Labute approximate surface area is 172 Å². The third-order valence-corrected chi connectivity index (χ3v) is 5.08. The zero-order valence-electron chi connectivity index (χ0n) is 17.1. The molecule has 0 atom stereocenters. The molecule has 0 bridgehead atoms. The molecule has 1 aliphatic rings. The van der Waals surface area contributed by atoms with E-state index in [0.29, 0.717) is 23.8 Å². The lowest BCUT2D eigenvalue weighted by molar-refractivity contribution is -0.114. The Balaban J connectivity index is 1.52. The van der Waals surface area contributed by atoms with E-state index in [1.165, 1.54) is 0 Å². The van der Waals surface area contributed by atoms with Gasteiger partial charge in [0.05, 0.1) is 13.2 Å². The molecule has 0 aromatic heterocycles. The van der Waals surface area contributed by atoms with Gasteiger partial charge < -0.3 is 20.3 Å². The van der Waals surface area contributed by atoms with Crippen LogP contribution in [-0.4, -0.2) is 43.0 Å². The third kappa shape index (κ3) is 5.98. The average molecular weight is 396 g/mol. The highest BCUT2D eigenvalue weighted by molar-refractivity contribution is 5.98. The first-order chi connectivity index (χ1) is 14.0. The zero-order chi connectivity index (χ0) is 20.6. The minimum absolute atomic E-state index is 0.0283. The van der Waals surface area contributed by atoms with E-state index in [4.69, 9.17) is 4.74 Å². The van der Waals surface area contributed by atoms with Crippen LogP contribution in [0.1, 0.15) is 37.0 Å². The van der Waals surface area contributed by atoms with E-state index in [2.05, 4.69) is 17.6 Å². The number of amides is 2. The second-order valence-electron chi connectivity index (χ2n) is 7.41. The number of rotatable bonds is 7. The molecule has 0 radical (unpaired) electrons. The van der Waals surface area contributed by atoms with Gasteiger partial charge in [-0.3, -0.25) is 9.59 Å². The van der Waals surface area contributed by atoms with Crippen molar-refractivity contribution in [2.45, 2.75) is 26.7 Å². The molecular formula is C23H29N3O3. The van der Waals surface area contributed by atoms with Gasteiger partial charge in [0, 0.05) is 30.0 Å². The molecule has 3 rings (SSSR count). The van der Waals surface area contributed by atoms with Gasteiger partial charge in [0.25, 0.3) is 5.91 Å². The number of ether oxygens (including phenoxy) is 1. The maximum Gasteiger partial charge on any atom is 0.253 e. The minimum atomic E-state index is -0.171. The van der Waals surface area contributed by atoms with Gasteiger partial charge in [0.1, 0.15) is 5.75 Å². The van der Waals surface area contributed by atoms with Crippen molar-refractivity contribution in [1.29, 1.82) is 0 Å². The van der Waals surface area contributed by atoms with Crippen LogP contribution in [0.25, 0.3) is 0 Å². The number of likely N-dealkylation sites (tertiary alicyclic amines) is 1. The molecule has 0 saturated carbocycles. The summed E-state index contributed by atoms with van der Waals surface area (Å²) >= 11 is 0. The van der Waals surface area contributed by atoms with Gasteiger partial charge in [-0.05, 0) is 68.1 Å². The lowest BCUT2D eigenvalue weighted by Crippen LogP contribution is -2.37. The van der Waals surface area contributed by atoms with Gasteiger partial charge in [0.2, 0.25) is 5.91 Å². The van der Waals surface area contributed by atoms with E-state index in [0.717, 1.165) is 37.4 Å². The van der Waals surface area contributed by atoms with Gasteiger partial charge in [0.15, 0.2) is 0 Å². The van der Waals surface area contributed by atoms with E-state index < -0.39 is 0 Å². The summed E-state index contributed by atoms with van der Waals surface area (Å²) in [5.74, 6) is 1.33. The van der Waals surface area contributed by atoms with E-state index in [1.54, 1.807) is 24.3 Å². The van der Waals surface area contributed by atoms with Gasteiger partial charge in [-0.25, -0.2) is 0 Å². The third-order valence-electron chi connectivity index (χ3n) is 5.08. The van der Waals surface area contributed by atoms with Crippen molar-refractivity contribution in [2.75, 3.05) is 36.9 Å². The highest BCUT2D eigenvalue weighted by atomic mass is 16.5. The Morgan fingerprint density at radius 3 is 2.48 bits per heavy atom. The smallest absolute Gasteiger partial charge is 0.253 e. The van der Waals surface area contributed by atoms with E-state index in [9.17, 15) is 9.59 Å². The van der Waals surface area contributed by atoms with Crippen LogP contribution in [0.5, 0.6) is 5.75 Å². The van der Waals surface area contributed by atoms with Crippen LogP contribution in [0.3, 0.4) is 0 Å². The predicted octanol–water partition coefficient (Wildman–Crippen LogP) is 4.01. The Morgan fingerprint density at radius 2 is 1.79 bits per heavy atom. The van der Waals surface area contributed by atoms with Crippen LogP contribution in [0.4, 0.5) is 11.4 Å². The molecule has 2 amide bonds. The van der Waals surface area contributed by atoms with Gasteiger partial charge in [-0.1, -0.05) is 13.0 Å². The number of piperidine rings is 1. The molecule has 0 aliphatic carbocycles. The molecular weight excluding hydrogens is 366 g/mol. The fourth-order valence-electron chi connectivity index (χ4n) is 3.35. The predicted molar refractivity (Wildman–Crippen MR) is 115 cm³/mol. The molecule has 1 aliphatic heterocycles. The SMILES string of the molecule is CCOc1ccc(NCC(=O)Nc2cccc(C(=O)N3CCC(C)CC3)c2)cc1. The summed E-state index contributed by atoms with van der Waals surface area (Å²) in [5, 5.41) is 5.94. The van der Waals surface area contributed by atoms with Crippen LogP contribution >= 0.6 is 0 Å². The molecule has 1 fully saturated rings. The fourth-order valence-corrected chi connectivity index (χ4v) is 3.35. The Hall–Kier alpha value is -3.02. The molecule has 1 saturated heterocycles. The highest BCUT2D eigenvalue weighted by Gasteiger charge is 2.21. The highest BCUT2D eigenvalue weighted by Crippen LogP contribution is 2.20. The zero-order valence-corrected chi connectivity index (χ0v) is 17.1. The summed E-state index contributed by atoms with van der Waals surface area (Å²) in [6, 6.07) is 14.6. The normalized spacial score (nSPS) is 14.3. The summed E-state index contributed by atoms with van der Waals surface area (Å²) in [6.45, 7) is 6.50. The van der Waals surface area contributed by atoms with Crippen LogP contribution < -0.4 is 15.4 Å². The molecule has 0 spiro atoms. The molecule has 2 N–H and O–H groups in total. The molecule has 154 valence electrons. The number of hydrogen-bond acceptors (Lipinski definition) is 4. The molecule has 6 nitrogen and oxygen atoms in total. The van der Waals surface area contributed by atoms with Crippen LogP contribution in [0.15, 0.2) is 48.5 Å². The van der Waals surface area contributed by atoms with Crippen LogP contribution in [0, 0.1) is 5.92 Å². The van der Waals surface area contributed by atoms with E-state index >= 15 is 0 Å². The van der Waals surface area contributed by atoms with Crippen molar-refractivity contribution >= 4 is 23.2 Å². The van der Waals surface area contributed by atoms with Crippen molar-refractivity contribution in [1.82, 2.24) is 4.90 Å². The van der Waals surface area contributed by atoms with Crippen LogP contribution in [0.2, 0.25) is 0 Å². The van der Waals surface area contributed by atoms with E-state index in [1.807, 2.05) is 36.1 Å². The number of hydrogen-bond donors (Lipinski definition) is 2. The molecule has 1 heterocycles. The monoisotopic (exact) mass is 395 g/mol. The number of carbonyl (C=O) groups is 2. The Bertz CT molecular complexity index is 828. The summed E-state index contributed by atoms with van der Waals surface area (Å²) in [4.78, 5) is 26.9. The van der Waals surface area contributed by atoms with Crippen LogP contribution in [-0.2, 0) is 4.79 Å². The van der Waals surface area contributed by atoms with Crippen molar-refractivity contribution in [3.8, 4) is 5.75 Å². The van der Waals surface area contributed by atoms with Crippen molar-refractivity contribution < 1.29 is 14.3 Å². The standard InChI is InChI=1S/C23H29N3O3/c1-3-29-21-9-7-19(8-10-21)24-16-22(27)25-20-6-4-5-18(15-20)23(28)26-13-11-17(2)12-14-26/h4-10,15,17,24H,3,11-14,16H2,1-2H3,(H,25,27). The average Bonchev–Trinajstić information content (AvgIpc) is 2.74. The maximum atomic E-state index is 12.7. The first-order valence-electron chi connectivity index (χ1n) is 10.2. The first kappa shape index (κ1) is 20.7. The van der Waals surface area contributed by atoms with Crippen molar-refractivity contribution in [2.24, 2.45) is 5.92 Å². The summed E-state index contributed by atoms with van der Waals surface area (Å²) < 4.78 is 5.41. The largest absolute Gasteiger partial charge is 0.494 e. The number of nitrogens with zero attached hydrogens (tertiary/aromatic N) is 1. The number of carbonyl (C=O) groups excluding carboxylic acids is 2. The van der Waals surface area contributed by atoms with Gasteiger partial charge in [-0.15, -0.1) is 0 Å². The molecule has 29 heavy (non-hydrogen) atoms. The maximum absolute atomic E-state index is 12.7. The second-order valence-corrected chi connectivity index (χ2v) is 7.41. The lowest BCUT2D eigenvalue weighted by Gasteiger charge is -2.30. The molecule has 6 heteroatoms. The summed E-state index contributed by atoms with van der Waals surface area (Å²) in [7, 11) is 0. The molecule has 2 aromatic rings. The number of benzene rings is 2. The van der Waals surface area contributed by atoms with Gasteiger partial charge >= 0.3 is 0 Å². The van der Waals surface area contributed by atoms with Crippen molar-refractivity contribution in [3.05, 3.63) is 54.1 Å².